The van der Waals surface area contributed by atoms with E-state index in [4.69, 9.17) is 9.39 Å². The summed E-state index contributed by atoms with van der Waals surface area (Å²) in [4.78, 5) is 23.3. The standard InChI is InChI=1S/C17H25BNO5/c1-7-23-15(21)9-8-12-10-14(20)19(6)11-13(12)18-24-17(4,5)16(2,3)22/h8-11,22H,7H2,1-6H3/b9-8+. The average Bonchev–Trinajstić information content (AvgIpc) is 2.45. The summed E-state index contributed by atoms with van der Waals surface area (Å²) in [5, 5.41) is 10.2. The number of hydrogen-bond donors (Lipinski definition) is 1. The van der Waals surface area contributed by atoms with Gasteiger partial charge < -0.3 is 19.1 Å². The minimum Gasteiger partial charge on any atom is -0.463 e. The highest BCUT2D eigenvalue weighted by Crippen LogP contribution is 2.24. The fourth-order valence-corrected chi connectivity index (χ4v) is 1.61. The average molecular weight is 334 g/mol. The maximum Gasteiger partial charge on any atom is 0.333 e. The summed E-state index contributed by atoms with van der Waals surface area (Å²) < 4.78 is 12.0. The van der Waals surface area contributed by atoms with Gasteiger partial charge in [-0.2, -0.15) is 0 Å². The fourth-order valence-electron chi connectivity index (χ4n) is 1.61. The summed E-state index contributed by atoms with van der Waals surface area (Å²) in [5.41, 5.74) is -0.986. The molecule has 0 fully saturated rings. The van der Waals surface area contributed by atoms with Gasteiger partial charge in [-0.15, -0.1) is 0 Å². The Kier molecular flexibility index (Phi) is 6.57. The molecule has 1 radical (unpaired) electrons. The number of ether oxygens (including phenoxy) is 1. The third-order valence-electron chi connectivity index (χ3n) is 3.93. The van der Waals surface area contributed by atoms with Crippen molar-refractivity contribution in [2.75, 3.05) is 6.61 Å². The number of nitrogens with zero attached hydrogens (tertiary/aromatic N) is 1. The molecule has 0 bridgehead atoms. The number of aliphatic hydroxyl groups is 1. The van der Waals surface area contributed by atoms with Crippen molar-refractivity contribution in [2.45, 2.75) is 45.8 Å². The molecular formula is C17H25BNO5. The molecule has 131 valence electrons. The largest absolute Gasteiger partial charge is 0.463 e. The van der Waals surface area contributed by atoms with Crippen LogP contribution in [0.1, 0.15) is 40.2 Å². The molecule has 0 saturated carbocycles. The molecule has 24 heavy (non-hydrogen) atoms. The van der Waals surface area contributed by atoms with E-state index >= 15 is 0 Å². The third-order valence-corrected chi connectivity index (χ3v) is 3.93. The Bertz CT molecular complexity index is 671. The second-order valence-corrected chi connectivity index (χ2v) is 6.52. The SMILES string of the molecule is CCOC(=O)/C=C/c1cc(=O)n(C)cc1[B]OC(C)(C)C(C)(C)O. The van der Waals surface area contributed by atoms with Crippen LogP contribution in [-0.2, 0) is 21.2 Å². The van der Waals surface area contributed by atoms with Crippen LogP contribution in [0, 0.1) is 0 Å². The van der Waals surface area contributed by atoms with Crippen LogP contribution >= 0.6 is 0 Å². The smallest absolute Gasteiger partial charge is 0.333 e. The molecule has 0 amide bonds. The lowest BCUT2D eigenvalue weighted by atomic mass is 9.81. The molecule has 1 heterocycles. The zero-order chi connectivity index (χ0) is 18.5. The molecule has 7 heteroatoms. The van der Waals surface area contributed by atoms with Crippen LogP contribution in [-0.4, -0.2) is 40.9 Å². The molecule has 1 rings (SSSR count). The van der Waals surface area contributed by atoms with Gasteiger partial charge >= 0.3 is 13.5 Å². The van der Waals surface area contributed by atoms with E-state index < -0.39 is 17.2 Å². The zero-order valence-corrected chi connectivity index (χ0v) is 15.1. The van der Waals surface area contributed by atoms with Crippen molar-refractivity contribution in [3.63, 3.8) is 0 Å². The van der Waals surface area contributed by atoms with E-state index in [1.807, 2.05) is 0 Å². The predicted molar refractivity (Wildman–Crippen MR) is 94.2 cm³/mol. The van der Waals surface area contributed by atoms with Gasteiger partial charge in [0.1, 0.15) is 0 Å². The van der Waals surface area contributed by atoms with Crippen molar-refractivity contribution in [3.8, 4) is 0 Å². The second-order valence-electron chi connectivity index (χ2n) is 6.52. The Labute approximate surface area is 143 Å². The number of carbonyl (C=O) groups excluding carboxylic acids is 1. The maximum atomic E-state index is 11.8. The number of esters is 1. The first kappa shape index (κ1) is 20.2. The maximum absolute atomic E-state index is 11.8. The van der Waals surface area contributed by atoms with E-state index in [1.165, 1.54) is 30.3 Å². The quantitative estimate of drug-likeness (QED) is 0.453. The van der Waals surface area contributed by atoms with Crippen LogP contribution in [0.25, 0.3) is 6.08 Å². The van der Waals surface area contributed by atoms with Crippen molar-refractivity contribution in [1.29, 1.82) is 0 Å². The van der Waals surface area contributed by atoms with Crippen LogP contribution in [0.3, 0.4) is 0 Å². The van der Waals surface area contributed by atoms with E-state index in [0.717, 1.165) is 0 Å². The summed E-state index contributed by atoms with van der Waals surface area (Å²) in [6, 6.07) is 1.40. The van der Waals surface area contributed by atoms with Crippen molar-refractivity contribution in [2.24, 2.45) is 7.05 Å². The monoisotopic (exact) mass is 334 g/mol. The van der Waals surface area contributed by atoms with E-state index in [2.05, 4.69) is 0 Å². The molecule has 0 aliphatic carbocycles. The van der Waals surface area contributed by atoms with Gasteiger partial charge in [0, 0.05) is 25.4 Å². The van der Waals surface area contributed by atoms with Gasteiger partial charge in [0.05, 0.1) is 17.8 Å². The van der Waals surface area contributed by atoms with E-state index in [9.17, 15) is 14.7 Å². The summed E-state index contributed by atoms with van der Waals surface area (Å²) >= 11 is 0. The van der Waals surface area contributed by atoms with Gasteiger partial charge in [0.15, 0.2) is 0 Å². The zero-order valence-electron chi connectivity index (χ0n) is 15.1. The van der Waals surface area contributed by atoms with Crippen molar-refractivity contribution < 1.29 is 19.3 Å². The molecule has 0 aliphatic rings. The number of hydrogen-bond acceptors (Lipinski definition) is 5. The van der Waals surface area contributed by atoms with Crippen LogP contribution in [0.15, 0.2) is 23.1 Å². The first-order chi connectivity index (χ1) is 11.0. The Morgan fingerprint density at radius 3 is 2.54 bits per heavy atom. The van der Waals surface area contributed by atoms with Crippen LogP contribution < -0.4 is 11.0 Å². The molecule has 0 saturated heterocycles. The molecule has 1 aromatic rings. The normalized spacial score (nSPS) is 12.5. The number of rotatable bonds is 7. The van der Waals surface area contributed by atoms with Gasteiger partial charge in [-0.1, -0.05) is 0 Å². The lowest BCUT2D eigenvalue weighted by Crippen LogP contribution is -2.49. The summed E-state index contributed by atoms with van der Waals surface area (Å²) in [6.07, 6.45) is 4.37. The Balaban J connectivity index is 3.07. The van der Waals surface area contributed by atoms with Gasteiger partial charge in [0.25, 0.3) is 5.56 Å². The Morgan fingerprint density at radius 1 is 1.38 bits per heavy atom. The molecule has 0 spiro atoms. The van der Waals surface area contributed by atoms with Gasteiger partial charge in [0.2, 0.25) is 0 Å². The van der Waals surface area contributed by atoms with Crippen molar-refractivity contribution in [1.82, 2.24) is 4.57 Å². The predicted octanol–water partition coefficient (Wildman–Crippen LogP) is 0.772. The number of aryl methyl sites for hydroxylation is 1. The fraction of sp³-hybridized carbons (Fsp3) is 0.529. The molecule has 0 aliphatic heterocycles. The molecule has 0 aromatic carbocycles. The van der Waals surface area contributed by atoms with Gasteiger partial charge in [-0.25, -0.2) is 4.79 Å². The Hall–Kier alpha value is -1.86. The van der Waals surface area contributed by atoms with Gasteiger partial charge in [-0.3, -0.25) is 4.79 Å². The minimum absolute atomic E-state index is 0.211. The molecule has 0 atom stereocenters. The van der Waals surface area contributed by atoms with E-state index in [-0.39, 0.29) is 12.2 Å². The second kappa shape index (κ2) is 7.81. The number of pyridine rings is 1. The van der Waals surface area contributed by atoms with Crippen LogP contribution in [0.5, 0.6) is 0 Å². The molecule has 1 N–H and O–H groups in total. The van der Waals surface area contributed by atoms with E-state index in [1.54, 1.807) is 47.9 Å². The molecule has 0 unspecified atom stereocenters. The van der Waals surface area contributed by atoms with Crippen molar-refractivity contribution in [3.05, 3.63) is 34.3 Å². The lowest BCUT2D eigenvalue weighted by molar-refractivity contribution is -0.137. The van der Waals surface area contributed by atoms with Crippen molar-refractivity contribution >= 4 is 25.0 Å². The highest BCUT2D eigenvalue weighted by atomic mass is 16.5. The summed E-state index contributed by atoms with van der Waals surface area (Å²) in [6.45, 7) is 8.84. The highest BCUT2D eigenvalue weighted by molar-refractivity contribution is 6.48. The topological polar surface area (TPSA) is 77.8 Å². The molecular weight excluding hydrogens is 309 g/mol. The summed E-state index contributed by atoms with van der Waals surface area (Å²) in [7, 11) is 3.10. The van der Waals surface area contributed by atoms with Crippen LogP contribution in [0.4, 0.5) is 0 Å². The summed E-state index contributed by atoms with van der Waals surface area (Å²) in [5.74, 6) is -0.484. The first-order valence-electron chi connectivity index (χ1n) is 7.77. The van der Waals surface area contributed by atoms with Crippen LogP contribution in [0.2, 0.25) is 0 Å². The minimum atomic E-state index is -1.06. The lowest BCUT2D eigenvalue weighted by Gasteiger charge is -2.37. The third kappa shape index (κ3) is 5.35. The number of carbonyl (C=O) groups is 1. The van der Waals surface area contributed by atoms with E-state index in [0.29, 0.717) is 11.0 Å². The van der Waals surface area contributed by atoms with Gasteiger partial charge in [-0.05, 0) is 51.7 Å². The molecule has 6 nitrogen and oxygen atoms in total. The Morgan fingerprint density at radius 2 is 2.00 bits per heavy atom. The molecule has 1 aromatic heterocycles. The first-order valence-corrected chi connectivity index (χ1v) is 7.77. The number of aromatic nitrogens is 1. The highest BCUT2D eigenvalue weighted by Gasteiger charge is 2.35.